The quantitative estimate of drug-likeness (QED) is 0.168. The average Bonchev–Trinajstić information content (AvgIpc) is 3.24. The molecule has 0 aliphatic rings. The van der Waals surface area contributed by atoms with Gasteiger partial charge < -0.3 is 0 Å². The van der Waals surface area contributed by atoms with Crippen LogP contribution >= 0.6 is 29.0 Å². The Morgan fingerprint density at radius 2 is 0.340 bits per heavy atom. The molecule has 0 spiro atoms. The maximum Gasteiger partial charge on any atom is 0 e. The Morgan fingerprint density at radius 3 is 0.434 bits per heavy atom. The largest absolute Gasteiger partial charge is 0 e. The first kappa shape index (κ1) is 46.1. The molecule has 17 heteroatoms. The topological polar surface area (TPSA) is 285 Å². The molecule has 0 atom stereocenters. The van der Waals surface area contributed by atoms with E-state index in [0.29, 0.717) is 21.2 Å². The Bertz CT molecular complexity index is 1880. The summed E-state index contributed by atoms with van der Waals surface area (Å²) in [6.07, 6.45) is 0. The van der Waals surface area contributed by atoms with Crippen molar-refractivity contribution in [2.75, 3.05) is 0 Å². The van der Waals surface area contributed by atoms with E-state index in [2.05, 4.69) is 0 Å². The smallest absolute Gasteiger partial charge is 0 e. The summed E-state index contributed by atoms with van der Waals surface area (Å²) in [5, 5.41) is 108. The van der Waals surface area contributed by atoms with Gasteiger partial charge in [-0.1, -0.05) is 0 Å². The minimum Gasteiger partial charge on any atom is 0 e. The fourth-order valence-corrected chi connectivity index (χ4v) is 8.75. The van der Waals surface area contributed by atoms with Crippen molar-refractivity contribution >= 4 is 50.3 Å². The summed E-state index contributed by atoms with van der Waals surface area (Å²) in [6.45, 7) is 0. The number of hydrogen-bond acceptors (Lipinski definition) is 12. The zero-order chi connectivity index (χ0) is 38.9. The van der Waals surface area contributed by atoms with Gasteiger partial charge >= 0.3 is 304 Å². The van der Waals surface area contributed by atoms with Crippen molar-refractivity contribution in [3.05, 3.63) is 121 Å². The molecule has 0 saturated heterocycles. The predicted octanol–water partition coefficient (Wildman–Crippen LogP) is 6.02. The molecule has 12 nitrogen and oxygen atoms in total. The minimum atomic E-state index is -3.18. The van der Waals surface area contributed by atoms with Crippen LogP contribution in [0.2, 0.25) is 0 Å². The molecule has 0 aromatic heterocycles. The van der Waals surface area contributed by atoms with Crippen LogP contribution < -0.4 is 21.2 Å². The summed E-state index contributed by atoms with van der Waals surface area (Å²) in [5.41, 5.74) is 0. The molecule has 0 heterocycles. The van der Waals surface area contributed by atoms with Gasteiger partial charge in [-0.25, -0.2) is 0 Å². The third kappa shape index (κ3) is 11.6. The van der Waals surface area contributed by atoms with Crippen LogP contribution in [-0.4, -0.2) is 0 Å². The Labute approximate surface area is 323 Å². The van der Waals surface area contributed by atoms with Gasteiger partial charge in [0.25, 0.3) is 0 Å². The first-order valence-electron chi connectivity index (χ1n) is 14.3. The molecule has 258 valence electrons. The summed E-state index contributed by atoms with van der Waals surface area (Å²) >= 11 is 0. The first-order valence-corrected chi connectivity index (χ1v) is 22.3. The normalized spacial score (nSPS) is 10.3. The molecule has 4 rings (SSSR count). The standard InChI is InChI=1S/4C9H6N3P.Pd/c4*10-6-13(7-11,8-12)9-4-2-1-3-5-9;/h4*1-5,13H;. The number of nitriles is 12. The minimum absolute atomic E-state index is 0. The van der Waals surface area contributed by atoms with Crippen LogP contribution in [0.3, 0.4) is 0 Å². The molecule has 53 heavy (non-hydrogen) atoms. The second-order valence-electron chi connectivity index (χ2n) is 9.81. The van der Waals surface area contributed by atoms with Crippen LogP contribution in [0.25, 0.3) is 0 Å². The van der Waals surface area contributed by atoms with Crippen LogP contribution in [0.4, 0.5) is 0 Å². The van der Waals surface area contributed by atoms with Gasteiger partial charge in [0.15, 0.2) is 0 Å². The van der Waals surface area contributed by atoms with Crippen LogP contribution in [0.15, 0.2) is 121 Å². The van der Waals surface area contributed by atoms with Crippen LogP contribution in [0.5, 0.6) is 0 Å². The molecule has 0 bridgehead atoms. The third-order valence-corrected chi connectivity index (χ3v) is 15.7. The third-order valence-electron chi connectivity index (χ3n) is 6.84. The van der Waals surface area contributed by atoms with Crippen LogP contribution in [-0.2, 0) is 20.4 Å². The van der Waals surface area contributed by atoms with E-state index in [0.717, 1.165) is 0 Å². The molecular formula is C36H24N12P4Pd. The molecule has 0 aliphatic heterocycles. The van der Waals surface area contributed by atoms with Crippen molar-refractivity contribution < 1.29 is 20.4 Å². The molecule has 0 radical (unpaired) electrons. The maximum absolute atomic E-state index is 8.80. The molecule has 4 aromatic carbocycles. The van der Waals surface area contributed by atoms with E-state index in [9.17, 15) is 0 Å². The fraction of sp³-hybridized carbons (Fsp3) is 0. The molecule has 4 aromatic rings. The number of nitrogens with zero attached hydrogens (tertiary/aromatic N) is 12. The van der Waals surface area contributed by atoms with E-state index in [4.69, 9.17) is 63.1 Å². The van der Waals surface area contributed by atoms with Crippen molar-refractivity contribution in [2.45, 2.75) is 0 Å². The van der Waals surface area contributed by atoms with Gasteiger partial charge in [-0.2, -0.15) is 0 Å². The average molecular weight is 855 g/mol. The molecule has 0 fully saturated rings. The maximum atomic E-state index is 8.80. The van der Waals surface area contributed by atoms with E-state index in [1.807, 2.05) is 69.7 Å². The van der Waals surface area contributed by atoms with E-state index in [-0.39, 0.29) is 20.4 Å². The first-order chi connectivity index (χ1) is 25.1. The number of benzene rings is 4. The second-order valence-corrected chi connectivity index (χ2v) is 20.8. The van der Waals surface area contributed by atoms with Crippen molar-refractivity contribution in [3.63, 3.8) is 0 Å². The van der Waals surface area contributed by atoms with Gasteiger partial charge in [-0.3, -0.25) is 0 Å². The summed E-state index contributed by atoms with van der Waals surface area (Å²) in [4.78, 5) is 0. The van der Waals surface area contributed by atoms with Gasteiger partial charge in [0.2, 0.25) is 0 Å². The van der Waals surface area contributed by atoms with E-state index >= 15 is 0 Å². The molecule has 0 saturated carbocycles. The SMILES string of the molecule is N#C[PH](C#N)(C#N)c1ccccc1.N#C[PH](C#N)(C#N)c1ccccc1.N#C[PH](C#N)(C#N)c1ccccc1.N#C[PH](C#N)(C#N)c1ccccc1.[Pd]. The number of rotatable bonds is 4. The number of hydrogen-bond donors (Lipinski definition) is 0. The van der Waals surface area contributed by atoms with Crippen LogP contribution in [0, 0.1) is 133 Å². The monoisotopic (exact) mass is 854 g/mol. The van der Waals surface area contributed by atoms with Crippen molar-refractivity contribution in [3.8, 4) is 69.7 Å². The fourth-order valence-electron chi connectivity index (χ4n) is 3.83. The predicted molar refractivity (Wildman–Crippen MR) is 205 cm³/mol. The van der Waals surface area contributed by atoms with Crippen LogP contribution in [0.1, 0.15) is 0 Å². The Kier molecular flexibility index (Phi) is 20.5. The van der Waals surface area contributed by atoms with E-state index in [1.54, 1.807) is 121 Å². The molecule has 0 unspecified atom stereocenters. The molecule has 0 N–H and O–H groups in total. The van der Waals surface area contributed by atoms with Gasteiger partial charge in [0, 0.05) is 20.4 Å². The van der Waals surface area contributed by atoms with E-state index < -0.39 is 29.0 Å². The summed E-state index contributed by atoms with van der Waals surface area (Å²) in [7, 11) is -12.7. The summed E-state index contributed by atoms with van der Waals surface area (Å²) in [6, 6.07) is 34.2. The summed E-state index contributed by atoms with van der Waals surface area (Å²) < 4.78 is 0. The van der Waals surface area contributed by atoms with Gasteiger partial charge in [0.1, 0.15) is 0 Å². The van der Waals surface area contributed by atoms with Gasteiger partial charge in [-0.15, -0.1) is 0 Å². The van der Waals surface area contributed by atoms with Crippen molar-refractivity contribution in [1.29, 1.82) is 63.1 Å². The van der Waals surface area contributed by atoms with Gasteiger partial charge in [0.05, 0.1) is 0 Å². The zero-order valence-electron chi connectivity index (χ0n) is 27.2. The Hall–Kier alpha value is -6.86. The summed E-state index contributed by atoms with van der Waals surface area (Å²) in [5.74, 6) is 22.2. The Balaban J connectivity index is 0.000000676. The van der Waals surface area contributed by atoms with Crippen molar-refractivity contribution in [1.82, 2.24) is 0 Å². The van der Waals surface area contributed by atoms with E-state index in [1.165, 1.54) is 0 Å². The molecule has 0 aliphatic carbocycles. The zero-order valence-corrected chi connectivity index (χ0v) is 32.8. The van der Waals surface area contributed by atoms with Gasteiger partial charge in [-0.05, 0) is 0 Å². The second kappa shape index (κ2) is 23.5. The van der Waals surface area contributed by atoms with Crippen molar-refractivity contribution in [2.24, 2.45) is 0 Å². The molecular weight excluding hydrogens is 831 g/mol. The molecule has 0 amide bonds. The Morgan fingerprint density at radius 1 is 0.226 bits per heavy atom.